The van der Waals surface area contributed by atoms with Gasteiger partial charge in [0.1, 0.15) is 12.1 Å². The van der Waals surface area contributed by atoms with Gasteiger partial charge in [-0.15, -0.1) is 10.2 Å². The molecule has 1 heterocycles. The van der Waals surface area contributed by atoms with Crippen molar-refractivity contribution in [3.05, 3.63) is 47.8 Å². The SMILES string of the molecule is O=Cc1nncn1Cc1ccccc1F. The topological polar surface area (TPSA) is 47.8 Å². The average Bonchev–Trinajstić information content (AvgIpc) is 2.69. The summed E-state index contributed by atoms with van der Waals surface area (Å²) in [5.74, 6) is -0.110. The van der Waals surface area contributed by atoms with Crippen LogP contribution >= 0.6 is 0 Å². The van der Waals surface area contributed by atoms with Gasteiger partial charge < -0.3 is 4.57 Å². The molecule has 5 heteroatoms. The Morgan fingerprint density at radius 3 is 2.93 bits per heavy atom. The number of carbonyl (C=O) groups is 1. The summed E-state index contributed by atoms with van der Waals surface area (Å²) in [6.45, 7) is 0.258. The number of carbonyl (C=O) groups excluding carboxylic acids is 1. The van der Waals surface area contributed by atoms with Gasteiger partial charge in [0.2, 0.25) is 0 Å². The number of hydrogen-bond donors (Lipinski definition) is 0. The summed E-state index contributed by atoms with van der Waals surface area (Å²) in [4.78, 5) is 10.5. The van der Waals surface area contributed by atoms with Crippen molar-refractivity contribution in [2.75, 3.05) is 0 Å². The van der Waals surface area contributed by atoms with Gasteiger partial charge in [-0.25, -0.2) is 4.39 Å². The van der Waals surface area contributed by atoms with Crippen molar-refractivity contribution in [3.63, 3.8) is 0 Å². The first kappa shape index (κ1) is 9.51. The monoisotopic (exact) mass is 205 g/mol. The van der Waals surface area contributed by atoms with Crippen LogP contribution in [-0.4, -0.2) is 21.1 Å². The molecule has 0 fully saturated rings. The molecule has 0 aliphatic carbocycles. The molecule has 2 aromatic rings. The molecule has 0 bridgehead atoms. The van der Waals surface area contributed by atoms with Gasteiger partial charge in [-0.1, -0.05) is 18.2 Å². The standard InChI is InChI=1S/C10H8FN3O/c11-9-4-2-1-3-8(9)5-14-7-12-13-10(14)6-15/h1-4,6-7H,5H2. The largest absolute Gasteiger partial charge is 0.307 e. The van der Waals surface area contributed by atoms with Crippen LogP contribution in [0.2, 0.25) is 0 Å². The summed E-state index contributed by atoms with van der Waals surface area (Å²) < 4.78 is 14.8. The molecule has 1 aromatic carbocycles. The molecular formula is C10H8FN3O. The van der Waals surface area contributed by atoms with Crippen LogP contribution < -0.4 is 0 Å². The molecule has 4 nitrogen and oxygen atoms in total. The molecule has 0 saturated carbocycles. The van der Waals surface area contributed by atoms with Crippen LogP contribution in [0, 0.1) is 5.82 Å². The molecule has 0 radical (unpaired) electrons. The van der Waals surface area contributed by atoms with Gasteiger partial charge in [-0.05, 0) is 6.07 Å². The first-order valence-corrected chi connectivity index (χ1v) is 4.37. The molecule has 0 saturated heterocycles. The molecule has 0 atom stereocenters. The van der Waals surface area contributed by atoms with Gasteiger partial charge in [-0.2, -0.15) is 0 Å². The Labute approximate surface area is 85.4 Å². The molecule has 0 N–H and O–H groups in total. The Morgan fingerprint density at radius 1 is 1.40 bits per heavy atom. The minimum Gasteiger partial charge on any atom is -0.307 e. The molecular weight excluding hydrogens is 197 g/mol. The Bertz CT molecular complexity index is 481. The van der Waals surface area contributed by atoms with Crippen molar-refractivity contribution in [3.8, 4) is 0 Å². The first-order chi connectivity index (χ1) is 7.31. The van der Waals surface area contributed by atoms with E-state index < -0.39 is 0 Å². The van der Waals surface area contributed by atoms with Gasteiger partial charge in [0.15, 0.2) is 12.1 Å². The van der Waals surface area contributed by atoms with Crippen molar-refractivity contribution in [1.29, 1.82) is 0 Å². The lowest BCUT2D eigenvalue weighted by Gasteiger charge is -2.03. The van der Waals surface area contributed by atoms with E-state index in [1.54, 1.807) is 18.2 Å². The van der Waals surface area contributed by atoms with E-state index in [9.17, 15) is 9.18 Å². The van der Waals surface area contributed by atoms with Crippen LogP contribution in [0.5, 0.6) is 0 Å². The third kappa shape index (κ3) is 1.90. The quantitative estimate of drug-likeness (QED) is 0.709. The highest BCUT2D eigenvalue weighted by Crippen LogP contribution is 2.08. The number of aldehydes is 1. The molecule has 0 spiro atoms. The summed E-state index contributed by atoms with van der Waals surface area (Å²) in [5, 5.41) is 7.16. The molecule has 0 amide bonds. The maximum Gasteiger partial charge on any atom is 0.196 e. The lowest BCUT2D eigenvalue weighted by atomic mass is 10.2. The normalized spacial score (nSPS) is 10.2. The summed E-state index contributed by atoms with van der Waals surface area (Å²) in [6, 6.07) is 6.39. The number of aromatic nitrogens is 3. The van der Waals surface area contributed by atoms with Gasteiger partial charge in [-0.3, -0.25) is 4.79 Å². The highest BCUT2D eigenvalue weighted by atomic mass is 19.1. The molecule has 2 rings (SSSR count). The summed E-state index contributed by atoms with van der Waals surface area (Å²) in [5.41, 5.74) is 0.500. The summed E-state index contributed by atoms with van der Waals surface area (Å²) >= 11 is 0. The molecule has 0 aliphatic heterocycles. The highest BCUT2D eigenvalue weighted by Gasteiger charge is 2.05. The van der Waals surface area contributed by atoms with E-state index in [1.165, 1.54) is 17.0 Å². The summed E-state index contributed by atoms with van der Waals surface area (Å²) in [6.07, 6.45) is 1.99. The Hall–Kier alpha value is -2.04. The Kier molecular flexibility index (Phi) is 2.53. The zero-order chi connectivity index (χ0) is 10.7. The van der Waals surface area contributed by atoms with Gasteiger partial charge in [0, 0.05) is 5.56 Å². The van der Waals surface area contributed by atoms with Crippen LogP contribution in [-0.2, 0) is 6.54 Å². The number of nitrogens with zero attached hydrogens (tertiary/aromatic N) is 3. The Balaban J connectivity index is 2.29. The molecule has 1 aromatic heterocycles. The molecule has 15 heavy (non-hydrogen) atoms. The fourth-order valence-electron chi connectivity index (χ4n) is 1.29. The second-order valence-corrected chi connectivity index (χ2v) is 3.03. The maximum atomic E-state index is 13.3. The minimum atomic E-state index is -0.303. The van der Waals surface area contributed by atoms with E-state index >= 15 is 0 Å². The number of rotatable bonds is 3. The molecule has 0 unspecified atom stereocenters. The fourth-order valence-corrected chi connectivity index (χ4v) is 1.29. The van der Waals surface area contributed by atoms with Gasteiger partial charge >= 0.3 is 0 Å². The average molecular weight is 205 g/mol. The van der Waals surface area contributed by atoms with Crippen LogP contribution in [0.15, 0.2) is 30.6 Å². The van der Waals surface area contributed by atoms with E-state index in [2.05, 4.69) is 10.2 Å². The van der Waals surface area contributed by atoms with Crippen LogP contribution in [0.1, 0.15) is 16.2 Å². The van der Waals surface area contributed by atoms with E-state index in [-0.39, 0.29) is 18.2 Å². The fraction of sp³-hybridized carbons (Fsp3) is 0.100. The maximum absolute atomic E-state index is 13.3. The smallest absolute Gasteiger partial charge is 0.196 e. The van der Waals surface area contributed by atoms with Gasteiger partial charge in [0.05, 0.1) is 6.54 Å². The van der Waals surface area contributed by atoms with E-state index in [0.717, 1.165) is 0 Å². The Morgan fingerprint density at radius 2 is 2.20 bits per heavy atom. The van der Waals surface area contributed by atoms with E-state index in [4.69, 9.17) is 0 Å². The van der Waals surface area contributed by atoms with Crippen molar-refractivity contribution < 1.29 is 9.18 Å². The predicted octanol–water partition coefficient (Wildman–Crippen LogP) is 1.28. The lowest BCUT2D eigenvalue weighted by Crippen LogP contribution is -2.04. The number of benzene rings is 1. The highest BCUT2D eigenvalue weighted by molar-refractivity contribution is 5.68. The lowest BCUT2D eigenvalue weighted by molar-refractivity contribution is 0.111. The predicted molar refractivity (Wildman–Crippen MR) is 50.9 cm³/mol. The second kappa shape index (κ2) is 4.00. The summed E-state index contributed by atoms with van der Waals surface area (Å²) in [7, 11) is 0. The van der Waals surface area contributed by atoms with Crippen LogP contribution in [0.4, 0.5) is 4.39 Å². The van der Waals surface area contributed by atoms with Crippen molar-refractivity contribution in [2.24, 2.45) is 0 Å². The zero-order valence-corrected chi connectivity index (χ0v) is 7.80. The molecule has 0 aliphatic rings. The van der Waals surface area contributed by atoms with Gasteiger partial charge in [0.25, 0.3) is 0 Å². The zero-order valence-electron chi connectivity index (χ0n) is 7.80. The van der Waals surface area contributed by atoms with E-state index in [1.807, 2.05) is 0 Å². The van der Waals surface area contributed by atoms with Crippen LogP contribution in [0.25, 0.3) is 0 Å². The van der Waals surface area contributed by atoms with Crippen molar-refractivity contribution in [2.45, 2.75) is 6.54 Å². The molecule has 76 valence electrons. The number of hydrogen-bond acceptors (Lipinski definition) is 3. The third-order valence-electron chi connectivity index (χ3n) is 2.05. The van der Waals surface area contributed by atoms with E-state index in [0.29, 0.717) is 11.8 Å². The second-order valence-electron chi connectivity index (χ2n) is 3.03. The van der Waals surface area contributed by atoms with Crippen molar-refractivity contribution >= 4 is 6.29 Å². The number of halogens is 1. The third-order valence-corrected chi connectivity index (χ3v) is 2.05. The first-order valence-electron chi connectivity index (χ1n) is 4.37. The van der Waals surface area contributed by atoms with Crippen LogP contribution in [0.3, 0.4) is 0 Å². The minimum absolute atomic E-state index is 0.193. The van der Waals surface area contributed by atoms with Crippen molar-refractivity contribution in [1.82, 2.24) is 14.8 Å².